The van der Waals surface area contributed by atoms with Gasteiger partial charge >= 0.3 is 0 Å². The van der Waals surface area contributed by atoms with E-state index in [0.717, 1.165) is 18.2 Å². The first-order valence-electron chi connectivity index (χ1n) is 6.14. The lowest BCUT2D eigenvalue weighted by molar-refractivity contribution is 0.503. The van der Waals surface area contributed by atoms with Crippen molar-refractivity contribution in [1.29, 1.82) is 0 Å². The van der Waals surface area contributed by atoms with Crippen LogP contribution in [-0.2, 0) is 6.54 Å². The van der Waals surface area contributed by atoms with Crippen LogP contribution in [0.15, 0.2) is 29.1 Å². The molecule has 20 heavy (non-hydrogen) atoms. The van der Waals surface area contributed by atoms with Gasteiger partial charge < -0.3 is 5.73 Å². The molecule has 1 aromatic heterocycles. The van der Waals surface area contributed by atoms with Gasteiger partial charge in [0.15, 0.2) is 0 Å². The summed E-state index contributed by atoms with van der Waals surface area (Å²) in [5.41, 5.74) is 6.26. The Morgan fingerprint density at radius 1 is 1.30 bits per heavy atom. The fourth-order valence-corrected chi connectivity index (χ4v) is 2.08. The molecule has 0 radical (unpaired) electrons. The summed E-state index contributed by atoms with van der Waals surface area (Å²) in [6.45, 7) is 3.42. The summed E-state index contributed by atoms with van der Waals surface area (Å²) in [6, 6.07) is 3.64. The number of nitrogens with zero attached hydrogens (tertiary/aromatic N) is 2. The van der Waals surface area contributed by atoms with E-state index in [0.29, 0.717) is 11.5 Å². The predicted molar refractivity (Wildman–Crippen MR) is 71.3 cm³/mol. The lowest BCUT2D eigenvalue weighted by atomic mass is 10.1. The first kappa shape index (κ1) is 14.3. The van der Waals surface area contributed by atoms with E-state index in [1.54, 1.807) is 13.8 Å². The van der Waals surface area contributed by atoms with E-state index in [1.165, 1.54) is 10.6 Å². The lowest BCUT2D eigenvalue weighted by Gasteiger charge is -2.16. The van der Waals surface area contributed by atoms with Crippen LogP contribution in [0.1, 0.15) is 23.1 Å². The van der Waals surface area contributed by atoms with E-state index in [2.05, 4.69) is 4.98 Å². The van der Waals surface area contributed by atoms with Gasteiger partial charge in [0.25, 0.3) is 5.56 Å². The van der Waals surface area contributed by atoms with Crippen LogP contribution in [0, 0.1) is 25.5 Å². The van der Waals surface area contributed by atoms with Gasteiger partial charge in [-0.2, -0.15) is 0 Å². The van der Waals surface area contributed by atoms with Crippen LogP contribution in [0.2, 0.25) is 0 Å². The number of aryl methyl sites for hydroxylation is 2. The largest absolute Gasteiger partial charge is 0.322 e. The quantitative estimate of drug-likeness (QED) is 0.932. The summed E-state index contributed by atoms with van der Waals surface area (Å²) >= 11 is 0. The molecule has 6 heteroatoms. The molecule has 2 N–H and O–H groups in total. The number of benzene rings is 1. The SMILES string of the molecule is Cc1cc(=O)n(CC(N)c2cc(F)ccc2F)c(C)n1. The average molecular weight is 279 g/mol. The third-order valence-corrected chi connectivity index (χ3v) is 3.06. The van der Waals surface area contributed by atoms with Gasteiger partial charge in [0.1, 0.15) is 17.5 Å². The van der Waals surface area contributed by atoms with E-state index in [1.807, 2.05) is 0 Å². The van der Waals surface area contributed by atoms with Gasteiger partial charge in [-0.3, -0.25) is 9.36 Å². The zero-order valence-corrected chi connectivity index (χ0v) is 11.2. The summed E-state index contributed by atoms with van der Waals surface area (Å²) in [7, 11) is 0. The minimum Gasteiger partial charge on any atom is -0.322 e. The monoisotopic (exact) mass is 279 g/mol. The molecule has 0 bridgehead atoms. The number of hydrogen-bond donors (Lipinski definition) is 1. The van der Waals surface area contributed by atoms with Crippen LogP contribution in [0.3, 0.4) is 0 Å². The average Bonchev–Trinajstić information content (AvgIpc) is 2.36. The minimum absolute atomic E-state index is 0.0388. The Hall–Kier alpha value is -2.08. The van der Waals surface area contributed by atoms with Gasteiger partial charge in [0, 0.05) is 23.9 Å². The molecule has 0 aliphatic rings. The molecule has 0 saturated carbocycles. The number of halogens is 2. The Balaban J connectivity index is 2.35. The van der Waals surface area contributed by atoms with Gasteiger partial charge in [-0.05, 0) is 32.0 Å². The molecule has 106 valence electrons. The summed E-state index contributed by atoms with van der Waals surface area (Å²) in [6.07, 6.45) is 0. The molecule has 0 aliphatic heterocycles. The van der Waals surface area contributed by atoms with Gasteiger partial charge in [-0.1, -0.05) is 0 Å². The Morgan fingerprint density at radius 2 is 2.00 bits per heavy atom. The van der Waals surface area contributed by atoms with Crippen molar-refractivity contribution in [3.63, 3.8) is 0 Å². The maximum atomic E-state index is 13.6. The van der Waals surface area contributed by atoms with Gasteiger partial charge in [-0.15, -0.1) is 0 Å². The van der Waals surface area contributed by atoms with Gasteiger partial charge in [-0.25, -0.2) is 13.8 Å². The third kappa shape index (κ3) is 2.91. The first-order chi connectivity index (χ1) is 9.38. The fraction of sp³-hybridized carbons (Fsp3) is 0.286. The number of hydrogen-bond acceptors (Lipinski definition) is 3. The van der Waals surface area contributed by atoms with Gasteiger partial charge in [0.2, 0.25) is 0 Å². The minimum atomic E-state index is -0.827. The smallest absolute Gasteiger partial charge is 0.253 e. The second-order valence-electron chi connectivity index (χ2n) is 4.67. The van der Waals surface area contributed by atoms with Gasteiger partial charge in [0.05, 0.1) is 6.04 Å². The van der Waals surface area contributed by atoms with Crippen molar-refractivity contribution in [1.82, 2.24) is 9.55 Å². The van der Waals surface area contributed by atoms with Crippen molar-refractivity contribution in [2.45, 2.75) is 26.4 Å². The third-order valence-electron chi connectivity index (χ3n) is 3.06. The van der Waals surface area contributed by atoms with Crippen LogP contribution in [0.4, 0.5) is 8.78 Å². The fourth-order valence-electron chi connectivity index (χ4n) is 2.08. The lowest BCUT2D eigenvalue weighted by Crippen LogP contribution is -2.29. The topological polar surface area (TPSA) is 60.9 Å². The molecular formula is C14H15F2N3O. The second kappa shape index (κ2) is 5.50. The maximum Gasteiger partial charge on any atom is 0.253 e. The zero-order valence-electron chi connectivity index (χ0n) is 11.2. The standard InChI is InChI=1S/C14H15F2N3O/c1-8-5-14(20)19(9(2)18-8)7-13(17)11-6-10(15)3-4-12(11)16/h3-6,13H,7,17H2,1-2H3. The molecule has 1 atom stereocenters. The van der Waals surface area contributed by atoms with Crippen LogP contribution in [-0.4, -0.2) is 9.55 Å². The van der Waals surface area contributed by atoms with Crippen molar-refractivity contribution in [2.75, 3.05) is 0 Å². The van der Waals surface area contributed by atoms with Crippen molar-refractivity contribution < 1.29 is 8.78 Å². The van der Waals surface area contributed by atoms with Crippen LogP contribution < -0.4 is 11.3 Å². The first-order valence-corrected chi connectivity index (χ1v) is 6.14. The second-order valence-corrected chi connectivity index (χ2v) is 4.67. The summed E-state index contributed by atoms with van der Waals surface area (Å²) in [4.78, 5) is 16.0. The van der Waals surface area contributed by atoms with Crippen molar-refractivity contribution in [3.8, 4) is 0 Å². The highest BCUT2D eigenvalue weighted by molar-refractivity contribution is 5.22. The molecule has 0 amide bonds. The molecule has 0 fully saturated rings. The molecular weight excluding hydrogens is 264 g/mol. The van der Waals surface area contributed by atoms with Crippen LogP contribution in [0.5, 0.6) is 0 Å². The van der Waals surface area contributed by atoms with Crippen molar-refractivity contribution in [2.24, 2.45) is 5.73 Å². The van der Waals surface area contributed by atoms with Crippen LogP contribution in [0.25, 0.3) is 0 Å². The Morgan fingerprint density at radius 3 is 2.65 bits per heavy atom. The predicted octanol–water partition coefficient (Wildman–Crippen LogP) is 1.84. The number of nitrogens with two attached hydrogens (primary N) is 1. The molecule has 1 unspecified atom stereocenters. The normalized spacial score (nSPS) is 12.4. The molecule has 2 rings (SSSR count). The maximum absolute atomic E-state index is 13.6. The van der Waals surface area contributed by atoms with Crippen LogP contribution >= 0.6 is 0 Å². The van der Waals surface area contributed by atoms with Crippen molar-refractivity contribution >= 4 is 0 Å². The Labute approximate surface area is 114 Å². The summed E-state index contributed by atoms with van der Waals surface area (Å²) in [5.74, 6) is -0.671. The molecule has 0 saturated heterocycles. The highest BCUT2D eigenvalue weighted by Crippen LogP contribution is 2.18. The number of rotatable bonds is 3. The molecule has 2 aromatic rings. The van der Waals surface area contributed by atoms with E-state index < -0.39 is 17.7 Å². The molecule has 0 aliphatic carbocycles. The molecule has 1 heterocycles. The number of aromatic nitrogens is 2. The molecule has 1 aromatic carbocycles. The van der Waals surface area contributed by atoms with E-state index in [-0.39, 0.29) is 17.7 Å². The summed E-state index contributed by atoms with van der Waals surface area (Å²) in [5, 5.41) is 0. The highest BCUT2D eigenvalue weighted by Gasteiger charge is 2.15. The molecule has 0 spiro atoms. The highest BCUT2D eigenvalue weighted by atomic mass is 19.1. The van der Waals surface area contributed by atoms with E-state index >= 15 is 0 Å². The zero-order chi connectivity index (χ0) is 14.9. The van der Waals surface area contributed by atoms with E-state index in [9.17, 15) is 13.6 Å². The van der Waals surface area contributed by atoms with Crippen molar-refractivity contribution in [3.05, 3.63) is 63.3 Å². The van der Waals surface area contributed by atoms with E-state index in [4.69, 9.17) is 5.73 Å². The Kier molecular flexibility index (Phi) is 3.94. The summed E-state index contributed by atoms with van der Waals surface area (Å²) < 4.78 is 28.1. The molecule has 4 nitrogen and oxygen atoms in total. The Bertz CT molecular complexity index is 697.